The van der Waals surface area contributed by atoms with Crippen LogP contribution in [0.15, 0.2) is 42.5 Å². The number of nitrogens with one attached hydrogen (secondary N) is 1. The van der Waals surface area contributed by atoms with Crippen molar-refractivity contribution >= 4 is 22.8 Å². The number of aromatic amines is 1. The van der Waals surface area contributed by atoms with Crippen LogP contribution in [0.5, 0.6) is 11.5 Å². The second-order valence-electron chi connectivity index (χ2n) is 7.04. The van der Waals surface area contributed by atoms with Gasteiger partial charge in [0.25, 0.3) is 5.91 Å². The van der Waals surface area contributed by atoms with Crippen LogP contribution in [0.3, 0.4) is 0 Å². The van der Waals surface area contributed by atoms with Crippen LogP contribution in [0.2, 0.25) is 0 Å². The molecule has 0 fully saturated rings. The van der Waals surface area contributed by atoms with Gasteiger partial charge in [-0.1, -0.05) is 18.2 Å². The van der Waals surface area contributed by atoms with Gasteiger partial charge in [-0.15, -0.1) is 0 Å². The number of carbonyl (C=O) groups is 2. The number of hydrogen-bond acceptors (Lipinski definition) is 4. The summed E-state index contributed by atoms with van der Waals surface area (Å²) in [5.41, 5.74) is 3.07. The summed E-state index contributed by atoms with van der Waals surface area (Å²) in [6.45, 7) is 0.425. The van der Waals surface area contributed by atoms with E-state index in [2.05, 4.69) is 4.98 Å². The fraction of sp³-hybridized carbons (Fsp3) is 0.273. The minimum absolute atomic E-state index is 0.186. The van der Waals surface area contributed by atoms with Crippen molar-refractivity contribution < 1.29 is 24.2 Å². The monoisotopic (exact) mass is 394 g/mol. The van der Waals surface area contributed by atoms with E-state index in [1.807, 2.05) is 30.3 Å². The van der Waals surface area contributed by atoms with Crippen LogP contribution in [0.1, 0.15) is 34.1 Å². The van der Waals surface area contributed by atoms with Crippen LogP contribution >= 0.6 is 0 Å². The lowest BCUT2D eigenvalue weighted by Gasteiger charge is -2.37. The van der Waals surface area contributed by atoms with Gasteiger partial charge in [0.2, 0.25) is 0 Å². The van der Waals surface area contributed by atoms with Crippen molar-refractivity contribution in [1.82, 2.24) is 9.88 Å². The van der Waals surface area contributed by atoms with Crippen molar-refractivity contribution in [2.45, 2.75) is 18.9 Å². The molecule has 150 valence electrons. The Hall–Kier alpha value is -3.48. The summed E-state index contributed by atoms with van der Waals surface area (Å²) in [5, 5.41) is 10.4. The molecule has 4 rings (SSSR count). The minimum atomic E-state index is -0.966. The fourth-order valence-electron chi connectivity index (χ4n) is 4.00. The van der Waals surface area contributed by atoms with Gasteiger partial charge in [-0.2, -0.15) is 0 Å². The van der Waals surface area contributed by atoms with Gasteiger partial charge in [-0.3, -0.25) is 9.59 Å². The summed E-state index contributed by atoms with van der Waals surface area (Å²) >= 11 is 0. The van der Waals surface area contributed by atoms with Crippen LogP contribution in [0, 0.1) is 0 Å². The average Bonchev–Trinajstić information content (AvgIpc) is 3.16. The van der Waals surface area contributed by atoms with E-state index in [-0.39, 0.29) is 12.3 Å². The zero-order valence-corrected chi connectivity index (χ0v) is 16.3. The third-order valence-electron chi connectivity index (χ3n) is 5.39. The van der Waals surface area contributed by atoms with Crippen molar-refractivity contribution in [3.05, 3.63) is 59.3 Å². The predicted octanol–water partition coefficient (Wildman–Crippen LogP) is 3.40. The summed E-state index contributed by atoms with van der Waals surface area (Å²) in [7, 11) is 3.10. The Bertz CT molecular complexity index is 1050. The first kappa shape index (κ1) is 18.9. The number of rotatable bonds is 5. The molecule has 29 heavy (non-hydrogen) atoms. The van der Waals surface area contributed by atoms with Crippen molar-refractivity contribution in [3.8, 4) is 11.5 Å². The van der Waals surface area contributed by atoms with Gasteiger partial charge in [0.1, 0.15) is 5.69 Å². The number of para-hydroxylation sites is 1. The molecule has 0 spiro atoms. The molecule has 0 radical (unpaired) electrons. The molecule has 0 aliphatic carbocycles. The van der Waals surface area contributed by atoms with Crippen molar-refractivity contribution in [1.29, 1.82) is 0 Å². The first-order chi connectivity index (χ1) is 14.0. The number of carbonyl (C=O) groups excluding carboxylic acids is 1. The van der Waals surface area contributed by atoms with Gasteiger partial charge in [0, 0.05) is 17.4 Å². The number of benzene rings is 2. The Morgan fingerprint density at radius 1 is 1.14 bits per heavy atom. The van der Waals surface area contributed by atoms with Crippen molar-refractivity contribution in [3.63, 3.8) is 0 Å². The van der Waals surface area contributed by atoms with Crippen LogP contribution in [-0.4, -0.2) is 47.6 Å². The molecule has 0 bridgehead atoms. The van der Waals surface area contributed by atoms with Gasteiger partial charge in [0.15, 0.2) is 11.5 Å². The number of ether oxygens (including phenoxy) is 2. The summed E-state index contributed by atoms with van der Waals surface area (Å²) in [5.74, 6) is -0.0720. The molecule has 1 amide bonds. The number of H-pyrrole nitrogens is 1. The third kappa shape index (κ3) is 3.40. The third-order valence-corrected chi connectivity index (χ3v) is 5.39. The lowest BCUT2D eigenvalue weighted by atomic mass is 9.89. The summed E-state index contributed by atoms with van der Waals surface area (Å²) in [6, 6.07) is 12.5. The van der Waals surface area contributed by atoms with E-state index in [1.54, 1.807) is 24.1 Å². The number of carboxylic acids is 1. The second-order valence-corrected chi connectivity index (χ2v) is 7.04. The SMILES string of the molecule is COc1cc2c(cc1OC)[C@H](CC(=O)O)N(C(=O)c1cc3ccccc3[nH]1)CC2. The molecule has 1 aliphatic rings. The first-order valence-electron chi connectivity index (χ1n) is 9.37. The van der Waals surface area contributed by atoms with E-state index in [9.17, 15) is 14.7 Å². The molecule has 1 aliphatic heterocycles. The molecule has 0 saturated carbocycles. The standard InChI is InChI=1S/C22H22N2O5/c1-28-19-10-13-7-8-24(18(12-21(25)26)15(13)11-20(19)29-2)22(27)17-9-14-5-3-4-6-16(14)23-17/h3-6,9-11,18,23H,7-8,12H2,1-2H3,(H,25,26)/t18-/m0/s1. The maximum atomic E-state index is 13.3. The quantitative estimate of drug-likeness (QED) is 0.692. The Labute approximate surface area is 167 Å². The zero-order valence-electron chi connectivity index (χ0n) is 16.3. The molecule has 2 aromatic carbocycles. The number of fused-ring (bicyclic) bond motifs is 2. The number of hydrogen-bond donors (Lipinski definition) is 2. The average molecular weight is 394 g/mol. The summed E-state index contributed by atoms with van der Waals surface area (Å²) in [6.07, 6.45) is 0.423. The van der Waals surface area contributed by atoms with Gasteiger partial charge in [0.05, 0.1) is 26.7 Å². The van der Waals surface area contributed by atoms with Crippen LogP contribution in [0.25, 0.3) is 10.9 Å². The number of carboxylic acid groups (broad SMARTS) is 1. The topological polar surface area (TPSA) is 91.9 Å². The highest BCUT2D eigenvalue weighted by Gasteiger charge is 2.34. The van der Waals surface area contributed by atoms with E-state index in [1.165, 1.54) is 7.11 Å². The van der Waals surface area contributed by atoms with E-state index < -0.39 is 12.0 Å². The minimum Gasteiger partial charge on any atom is -0.493 e. The lowest BCUT2D eigenvalue weighted by molar-refractivity contribution is -0.138. The number of nitrogens with zero attached hydrogens (tertiary/aromatic N) is 1. The first-order valence-corrected chi connectivity index (χ1v) is 9.37. The molecule has 7 heteroatoms. The van der Waals surface area contributed by atoms with Gasteiger partial charge in [-0.05, 0) is 41.8 Å². The molecule has 1 atom stereocenters. The molecule has 2 N–H and O–H groups in total. The molecule has 3 aromatic rings. The van der Waals surface area contributed by atoms with Gasteiger partial charge < -0.3 is 24.5 Å². The fourth-order valence-corrected chi connectivity index (χ4v) is 4.00. The number of aliphatic carboxylic acids is 1. The number of amides is 1. The Morgan fingerprint density at radius 2 is 1.86 bits per heavy atom. The van der Waals surface area contributed by atoms with Gasteiger partial charge in [-0.25, -0.2) is 0 Å². The number of aromatic nitrogens is 1. The summed E-state index contributed by atoms with van der Waals surface area (Å²) < 4.78 is 10.8. The normalized spacial score (nSPS) is 15.8. The van der Waals surface area contributed by atoms with E-state index in [0.29, 0.717) is 30.2 Å². The highest BCUT2D eigenvalue weighted by molar-refractivity contribution is 5.98. The second kappa shape index (κ2) is 7.50. The Morgan fingerprint density at radius 3 is 2.55 bits per heavy atom. The van der Waals surface area contributed by atoms with Gasteiger partial charge >= 0.3 is 5.97 Å². The van der Waals surface area contributed by atoms with Crippen molar-refractivity contribution in [2.24, 2.45) is 0 Å². The van der Waals surface area contributed by atoms with Crippen molar-refractivity contribution in [2.75, 3.05) is 20.8 Å². The smallest absolute Gasteiger partial charge is 0.305 e. The highest BCUT2D eigenvalue weighted by atomic mass is 16.5. The maximum absolute atomic E-state index is 13.3. The Balaban J connectivity index is 1.75. The van der Waals surface area contributed by atoms with Crippen LogP contribution in [0.4, 0.5) is 0 Å². The molecule has 7 nitrogen and oxygen atoms in total. The largest absolute Gasteiger partial charge is 0.493 e. The van der Waals surface area contributed by atoms with Crippen LogP contribution in [-0.2, 0) is 11.2 Å². The molecule has 0 saturated heterocycles. The van der Waals surface area contributed by atoms with E-state index in [0.717, 1.165) is 22.0 Å². The maximum Gasteiger partial charge on any atom is 0.305 e. The lowest BCUT2D eigenvalue weighted by Crippen LogP contribution is -2.41. The molecular weight excluding hydrogens is 372 g/mol. The summed E-state index contributed by atoms with van der Waals surface area (Å²) in [4.78, 5) is 29.7. The molecule has 1 aromatic heterocycles. The molecule has 0 unspecified atom stereocenters. The number of methoxy groups -OCH3 is 2. The predicted molar refractivity (Wildman–Crippen MR) is 108 cm³/mol. The molecule has 2 heterocycles. The van der Waals surface area contributed by atoms with E-state index in [4.69, 9.17) is 9.47 Å². The Kier molecular flexibility index (Phi) is 4.88. The molecular formula is C22H22N2O5. The highest BCUT2D eigenvalue weighted by Crippen LogP contribution is 2.40. The van der Waals surface area contributed by atoms with Crippen LogP contribution < -0.4 is 9.47 Å². The van der Waals surface area contributed by atoms with E-state index >= 15 is 0 Å². The zero-order chi connectivity index (χ0) is 20.5.